The van der Waals surface area contributed by atoms with Crippen molar-refractivity contribution in [3.63, 3.8) is 0 Å². The highest BCUT2D eigenvalue weighted by atomic mass is 16.5. The van der Waals surface area contributed by atoms with Crippen LogP contribution in [-0.2, 0) is 11.3 Å². The van der Waals surface area contributed by atoms with E-state index in [0.717, 1.165) is 18.4 Å². The molecule has 1 saturated carbocycles. The molecule has 0 spiro atoms. The Labute approximate surface area is 195 Å². The van der Waals surface area contributed by atoms with Gasteiger partial charge in [0.15, 0.2) is 11.5 Å². The van der Waals surface area contributed by atoms with Crippen molar-refractivity contribution in [2.24, 2.45) is 0 Å². The Balaban J connectivity index is 1.45. The van der Waals surface area contributed by atoms with E-state index in [1.54, 1.807) is 27.4 Å². The van der Waals surface area contributed by atoms with Crippen LogP contribution in [0, 0.1) is 0 Å². The Bertz CT molecular complexity index is 1130. The highest BCUT2D eigenvalue weighted by Gasteiger charge is 2.34. The van der Waals surface area contributed by atoms with E-state index in [0.29, 0.717) is 36.4 Å². The van der Waals surface area contributed by atoms with E-state index in [4.69, 9.17) is 14.2 Å². The van der Waals surface area contributed by atoms with Crippen molar-refractivity contribution < 1.29 is 19.0 Å². The molecule has 0 heterocycles. The van der Waals surface area contributed by atoms with Crippen molar-refractivity contribution in [2.45, 2.75) is 38.4 Å². The highest BCUT2D eigenvalue weighted by molar-refractivity contribution is 5.83. The minimum absolute atomic E-state index is 0.00798. The SMILES string of the molecule is COc1cc(OC)c(OC)cc1CNC(=O)CN(C1CC1)C(C)c1ccc2ccccc2c1. The smallest absolute Gasteiger partial charge is 0.234 e. The monoisotopic (exact) mass is 448 g/mol. The Morgan fingerprint density at radius 2 is 1.61 bits per heavy atom. The second-order valence-electron chi connectivity index (χ2n) is 8.48. The van der Waals surface area contributed by atoms with Gasteiger partial charge in [-0.3, -0.25) is 9.69 Å². The van der Waals surface area contributed by atoms with Crippen LogP contribution in [0.4, 0.5) is 0 Å². The molecule has 1 fully saturated rings. The normalized spacial score (nSPS) is 14.2. The number of carbonyl (C=O) groups is 1. The summed E-state index contributed by atoms with van der Waals surface area (Å²) in [5.41, 5.74) is 2.07. The molecule has 0 aromatic heterocycles. The second-order valence-corrected chi connectivity index (χ2v) is 8.48. The van der Waals surface area contributed by atoms with Crippen LogP contribution in [0.1, 0.15) is 36.9 Å². The Morgan fingerprint density at radius 1 is 0.939 bits per heavy atom. The average molecular weight is 449 g/mol. The maximum Gasteiger partial charge on any atom is 0.234 e. The molecule has 1 unspecified atom stereocenters. The lowest BCUT2D eigenvalue weighted by atomic mass is 10.0. The van der Waals surface area contributed by atoms with E-state index < -0.39 is 0 Å². The molecule has 1 atom stereocenters. The summed E-state index contributed by atoms with van der Waals surface area (Å²) in [5, 5.41) is 5.51. The van der Waals surface area contributed by atoms with Crippen LogP contribution in [0.5, 0.6) is 17.2 Å². The number of hydrogen-bond donors (Lipinski definition) is 1. The molecule has 174 valence electrons. The topological polar surface area (TPSA) is 60.0 Å². The van der Waals surface area contributed by atoms with E-state index in [1.807, 2.05) is 6.07 Å². The average Bonchev–Trinajstić information content (AvgIpc) is 3.70. The zero-order valence-corrected chi connectivity index (χ0v) is 19.8. The number of amides is 1. The molecule has 1 aliphatic carbocycles. The number of ether oxygens (including phenoxy) is 3. The molecule has 3 aromatic carbocycles. The lowest BCUT2D eigenvalue weighted by Gasteiger charge is -2.29. The molecular formula is C27H32N2O4. The van der Waals surface area contributed by atoms with Crippen LogP contribution in [0.2, 0.25) is 0 Å². The third-order valence-electron chi connectivity index (χ3n) is 6.36. The van der Waals surface area contributed by atoms with Gasteiger partial charge in [-0.1, -0.05) is 36.4 Å². The summed E-state index contributed by atoms with van der Waals surface area (Å²) in [6.45, 7) is 2.90. The van der Waals surface area contributed by atoms with Crippen molar-refractivity contribution in [1.29, 1.82) is 0 Å². The van der Waals surface area contributed by atoms with Crippen molar-refractivity contribution in [2.75, 3.05) is 27.9 Å². The molecular weight excluding hydrogens is 416 g/mol. The zero-order chi connectivity index (χ0) is 23.4. The van der Waals surface area contributed by atoms with Gasteiger partial charge in [0, 0.05) is 30.3 Å². The summed E-state index contributed by atoms with van der Waals surface area (Å²) in [6.07, 6.45) is 2.27. The van der Waals surface area contributed by atoms with Crippen LogP contribution in [0.25, 0.3) is 10.8 Å². The molecule has 0 bridgehead atoms. The minimum atomic E-state index is -0.00798. The third-order valence-corrected chi connectivity index (χ3v) is 6.36. The Kier molecular flexibility index (Phi) is 7.04. The van der Waals surface area contributed by atoms with E-state index >= 15 is 0 Å². The predicted octanol–water partition coefficient (Wildman–Crippen LogP) is 4.71. The fourth-order valence-electron chi connectivity index (χ4n) is 4.29. The number of hydrogen-bond acceptors (Lipinski definition) is 5. The van der Waals surface area contributed by atoms with Crippen molar-refractivity contribution in [1.82, 2.24) is 10.2 Å². The van der Waals surface area contributed by atoms with E-state index in [2.05, 4.69) is 59.6 Å². The van der Waals surface area contributed by atoms with Gasteiger partial charge in [0.25, 0.3) is 0 Å². The van der Waals surface area contributed by atoms with Gasteiger partial charge in [0.1, 0.15) is 5.75 Å². The molecule has 1 N–H and O–H groups in total. The third kappa shape index (κ3) is 5.22. The van der Waals surface area contributed by atoms with E-state index in [9.17, 15) is 4.79 Å². The number of benzene rings is 3. The molecule has 0 radical (unpaired) electrons. The molecule has 1 aliphatic rings. The number of nitrogens with zero attached hydrogens (tertiary/aromatic N) is 1. The summed E-state index contributed by atoms with van der Waals surface area (Å²) in [4.78, 5) is 15.2. The predicted molar refractivity (Wildman–Crippen MR) is 130 cm³/mol. The van der Waals surface area contributed by atoms with Gasteiger partial charge in [0.2, 0.25) is 5.91 Å². The summed E-state index contributed by atoms with van der Waals surface area (Å²) in [6, 6.07) is 19.2. The van der Waals surface area contributed by atoms with Crippen molar-refractivity contribution in [3.8, 4) is 17.2 Å². The summed E-state index contributed by atoms with van der Waals surface area (Å²) < 4.78 is 16.2. The van der Waals surface area contributed by atoms with E-state index in [1.165, 1.54) is 16.3 Å². The molecule has 1 amide bonds. The van der Waals surface area contributed by atoms with Crippen LogP contribution in [-0.4, -0.2) is 44.7 Å². The van der Waals surface area contributed by atoms with E-state index in [-0.39, 0.29) is 11.9 Å². The zero-order valence-electron chi connectivity index (χ0n) is 19.8. The summed E-state index contributed by atoms with van der Waals surface area (Å²) in [7, 11) is 4.78. The van der Waals surface area contributed by atoms with Gasteiger partial charge >= 0.3 is 0 Å². The minimum Gasteiger partial charge on any atom is -0.496 e. The van der Waals surface area contributed by atoms with Crippen molar-refractivity contribution in [3.05, 3.63) is 65.7 Å². The van der Waals surface area contributed by atoms with Gasteiger partial charge in [-0.2, -0.15) is 0 Å². The van der Waals surface area contributed by atoms with Gasteiger partial charge in [-0.25, -0.2) is 0 Å². The maximum absolute atomic E-state index is 12.9. The van der Waals surface area contributed by atoms with Gasteiger partial charge < -0.3 is 19.5 Å². The van der Waals surface area contributed by atoms with Crippen LogP contribution >= 0.6 is 0 Å². The molecule has 0 saturated heterocycles. The lowest BCUT2D eigenvalue weighted by molar-refractivity contribution is -0.123. The van der Waals surface area contributed by atoms with Crippen molar-refractivity contribution >= 4 is 16.7 Å². The number of nitrogens with one attached hydrogen (secondary N) is 1. The molecule has 3 aromatic rings. The standard InChI is InChI=1S/C27H32N2O4/c1-18(20-10-9-19-7-5-6-8-21(19)13-20)29(23-11-12-23)17-27(30)28-16-22-14-25(32-3)26(33-4)15-24(22)31-2/h5-10,13-15,18,23H,11-12,16-17H2,1-4H3,(H,28,30). The Hall–Kier alpha value is -3.25. The first-order valence-corrected chi connectivity index (χ1v) is 11.3. The molecule has 6 nitrogen and oxygen atoms in total. The lowest BCUT2D eigenvalue weighted by Crippen LogP contribution is -2.39. The fraction of sp³-hybridized carbons (Fsp3) is 0.370. The van der Waals surface area contributed by atoms with Crippen LogP contribution in [0.15, 0.2) is 54.6 Å². The molecule has 6 heteroatoms. The second kappa shape index (κ2) is 10.1. The number of fused-ring (bicyclic) bond motifs is 1. The van der Waals surface area contributed by atoms with Gasteiger partial charge in [-0.05, 0) is 48.2 Å². The number of carbonyl (C=O) groups excluding carboxylic acids is 1. The van der Waals surface area contributed by atoms with Gasteiger partial charge in [0.05, 0.1) is 27.9 Å². The van der Waals surface area contributed by atoms with Gasteiger partial charge in [-0.15, -0.1) is 0 Å². The highest BCUT2D eigenvalue weighted by Crippen LogP contribution is 2.36. The number of rotatable bonds is 10. The summed E-state index contributed by atoms with van der Waals surface area (Å²) in [5.74, 6) is 1.84. The largest absolute Gasteiger partial charge is 0.496 e. The summed E-state index contributed by atoms with van der Waals surface area (Å²) >= 11 is 0. The van der Waals surface area contributed by atoms with Crippen LogP contribution < -0.4 is 19.5 Å². The quantitative estimate of drug-likeness (QED) is 0.487. The molecule has 33 heavy (non-hydrogen) atoms. The number of methoxy groups -OCH3 is 3. The molecule has 4 rings (SSSR count). The molecule has 0 aliphatic heterocycles. The first kappa shape index (κ1) is 22.9. The maximum atomic E-state index is 12.9. The Morgan fingerprint density at radius 3 is 2.27 bits per heavy atom. The van der Waals surface area contributed by atoms with Crippen LogP contribution in [0.3, 0.4) is 0 Å². The fourth-order valence-corrected chi connectivity index (χ4v) is 4.29. The first-order valence-electron chi connectivity index (χ1n) is 11.3. The first-order chi connectivity index (χ1) is 16.0.